The number of thiocarbonyl (C=S) groups is 1. The van der Waals surface area contributed by atoms with Crippen molar-refractivity contribution in [2.45, 2.75) is 39.0 Å². The molecule has 0 amide bonds. The minimum absolute atomic E-state index is 0.259. The Labute approximate surface area is 176 Å². The average molecular weight is 420 g/mol. The number of ether oxygens (including phenoxy) is 1. The molecule has 1 saturated heterocycles. The van der Waals surface area contributed by atoms with E-state index in [0.717, 1.165) is 5.56 Å². The van der Waals surface area contributed by atoms with Gasteiger partial charge in [0.1, 0.15) is 4.99 Å². The fourth-order valence-electron chi connectivity index (χ4n) is 3.28. The molecule has 2 heterocycles. The molecular weight excluding hydrogens is 394 g/mol. The van der Waals surface area contributed by atoms with Gasteiger partial charge in [0.05, 0.1) is 31.2 Å². The molecule has 150 valence electrons. The summed E-state index contributed by atoms with van der Waals surface area (Å²) in [6.45, 7) is 6.49. The Balaban J connectivity index is 0.000000397. The highest BCUT2D eigenvalue weighted by Gasteiger charge is 2.34. The SMILES string of the molecule is C1CC[NH2+]CC1.CCOC(=O)C1=C(C)NC(=S)C(=C=[N-])C1c1ccc(Cl)cc1. The first-order valence-electron chi connectivity index (χ1n) is 9.52. The summed E-state index contributed by atoms with van der Waals surface area (Å²) >= 11 is 11.1. The standard InChI is InChI=1S/C16H14ClN2O2S.C5H11N/c1-3-21-16(20)13-9(2)19-15(22)12(8-18)14(13)10-4-6-11(17)7-5-10;1-2-4-6-5-3-1/h4-7,14H,3H2,1-2H3,(H,19,22);6H,1-5H2/q-1;/p+1. The first-order chi connectivity index (χ1) is 13.5. The summed E-state index contributed by atoms with van der Waals surface area (Å²) < 4.78 is 5.13. The molecule has 5 nitrogen and oxygen atoms in total. The predicted octanol–water partition coefficient (Wildman–Crippen LogP) is 3.09. The molecule has 2 aliphatic heterocycles. The van der Waals surface area contributed by atoms with Crippen molar-refractivity contribution < 1.29 is 14.8 Å². The summed E-state index contributed by atoms with van der Waals surface area (Å²) in [7, 11) is 0. The molecular formula is C21H26ClN3O2S. The second kappa shape index (κ2) is 11.1. The molecule has 0 aliphatic carbocycles. The first-order valence-corrected chi connectivity index (χ1v) is 10.3. The molecule has 1 atom stereocenters. The lowest BCUT2D eigenvalue weighted by Gasteiger charge is -2.30. The summed E-state index contributed by atoms with van der Waals surface area (Å²) in [5.41, 5.74) is 2.09. The number of esters is 1. The van der Waals surface area contributed by atoms with E-state index < -0.39 is 11.9 Å². The van der Waals surface area contributed by atoms with E-state index in [1.54, 1.807) is 38.1 Å². The normalized spacial score (nSPS) is 19.2. The Kier molecular flexibility index (Phi) is 8.87. The van der Waals surface area contributed by atoms with Crippen LogP contribution in [0.5, 0.6) is 0 Å². The number of quaternary nitrogens is 1. The average Bonchev–Trinajstić information content (AvgIpc) is 2.70. The number of allylic oxidation sites excluding steroid dienone is 1. The molecule has 0 saturated carbocycles. The molecule has 3 N–H and O–H groups in total. The van der Waals surface area contributed by atoms with Gasteiger partial charge in [0.2, 0.25) is 0 Å². The summed E-state index contributed by atoms with van der Waals surface area (Å²) in [5.74, 6) is 1.10. The molecule has 28 heavy (non-hydrogen) atoms. The van der Waals surface area contributed by atoms with Gasteiger partial charge in [0.15, 0.2) is 0 Å². The molecule has 0 spiro atoms. The van der Waals surface area contributed by atoms with E-state index in [9.17, 15) is 10.2 Å². The zero-order valence-electron chi connectivity index (χ0n) is 16.3. The van der Waals surface area contributed by atoms with Crippen molar-refractivity contribution in [2.24, 2.45) is 0 Å². The lowest BCUT2D eigenvalue weighted by Crippen LogP contribution is -2.85. The maximum Gasteiger partial charge on any atom is 0.336 e. The van der Waals surface area contributed by atoms with Crippen molar-refractivity contribution in [1.82, 2.24) is 5.32 Å². The highest BCUT2D eigenvalue weighted by molar-refractivity contribution is 7.80. The van der Waals surface area contributed by atoms with E-state index >= 15 is 0 Å². The van der Waals surface area contributed by atoms with Crippen molar-refractivity contribution in [3.05, 3.63) is 57.1 Å². The highest BCUT2D eigenvalue weighted by atomic mass is 35.5. The Morgan fingerprint density at radius 3 is 2.43 bits per heavy atom. The number of piperidine rings is 1. The van der Waals surface area contributed by atoms with Crippen molar-refractivity contribution in [3.63, 3.8) is 0 Å². The second-order valence-corrected chi connectivity index (χ2v) is 7.49. The van der Waals surface area contributed by atoms with E-state index in [-0.39, 0.29) is 6.61 Å². The van der Waals surface area contributed by atoms with E-state index in [2.05, 4.69) is 16.5 Å². The number of benzene rings is 1. The van der Waals surface area contributed by atoms with Crippen LogP contribution in [0.25, 0.3) is 5.41 Å². The number of hydrogen-bond donors (Lipinski definition) is 2. The summed E-state index contributed by atoms with van der Waals surface area (Å²) in [6.07, 6.45) is 4.36. The van der Waals surface area contributed by atoms with E-state index in [4.69, 9.17) is 28.6 Å². The molecule has 0 radical (unpaired) electrons. The van der Waals surface area contributed by atoms with Crippen molar-refractivity contribution in [2.75, 3.05) is 19.7 Å². The van der Waals surface area contributed by atoms with Crippen LogP contribution in [0.3, 0.4) is 0 Å². The third kappa shape index (κ3) is 5.76. The molecule has 1 fully saturated rings. The van der Waals surface area contributed by atoms with Gasteiger partial charge in [-0.2, -0.15) is 0 Å². The van der Waals surface area contributed by atoms with Gasteiger partial charge in [0.25, 0.3) is 0 Å². The largest absolute Gasteiger partial charge is 0.763 e. The second-order valence-electron chi connectivity index (χ2n) is 6.65. The van der Waals surface area contributed by atoms with Gasteiger partial charge in [0, 0.05) is 16.3 Å². The predicted molar refractivity (Wildman–Crippen MR) is 117 cm³/mol. The van der Waals surface area contributed by atoms with E-state index in [0.29, 0.717) is 26.9 Å². The van der Waals surface area contributed by atoms with Crippen LogP contribution in [-0.4, -0.2) is 36.5 Å². The van der Waals surface area contributed by atoms with Crippen LogP contribution in [0.4, 0.5) is 0 Å². The topological polar surface area (TPSA) is 77.2 Å². The monoisotopic (exact) mass is 419 g/mol. The minimum Gasteiger partial charge on any atom is -0.763 e. The maximum atomic E-state index is 12.3. The lowest BCUT2D eigenvalue weighted by atomic mass is 9.81. The molecule has 1 unspecified atom stereocenters. The van der Waals surface area contributed by atoms with Crippen LogP contribution in [0.2, 0.25) is 5.02 Å². The number of nitrogens with one attached hydrogen (secondary N) is 1. The number of carbonyl (C=O) groups is 1. The van der Waals surface area contributed by atoms with Crippen LogP contribution in [-0.2, 0) is 9.53 Å². The van der Waals surface area contributed by atoms with Gasteiger partial charge in [-0.05, 0) is 50.8 Å². The quantitative estimate of drug-likeness (QED) is 0.341. The Morgan fingerprint density at radius 2 is 1.96 bits per heavy atom. The van der Waals surface area contributed by atoms with Gasteiger partial charge in [-0.1, -0.05) is 36.0 Å². The number of hydrogen-bond acceptors (Lipinski definition) is 3. The van der Waals surface area contributed by atoms with Gasteiger partial charge in [-0.3, -0.25) is 5.87 Å². The number of nitrogens with two attached hydrogens (primary N) is 1. The first kappa shape index (κ1) is 22.3. The lowest BCUT2D eigenvalue weighted by molar-refractivity contribution is -0.662. The van der Waals surface area contributed by atoms with Crippen molar-refractivity contribution >= 4 is 40.6 Å². The fraction of sp³-hybridized carbons (Fsp3) is 0.429. The molecule has 1 aromatic carbocycles. The van der Waals surface area contributed by atoms with Crippen LogP contribution >= 0.6 is 23.8 Å². The number of nitrogens with zero attached hydrogens (tertiary/aromatic N) is 1. The number of rotatable bonds is 3. The fourth-order valence-corrected chi connectivity index (χ4v) is 3.72. The van der Waals surface area contributed by atoms with Crippen LogP contribution in [0.15, 0.2) is 41.1 Å². The third-order valence-electron chi connectivity index (χ3n) is 4.66. The van der Waals surface area contributed by atoms with Gasteiger partial charge in [-0.25, -0.2) is 4.79 Å². The van der Waals surface area contributed by atoms with Crippen molar-refractivity contribution in [3.8, 4) is 0 Å². The van der Waals surface area contributed by atoms with Crippen LogP contribution in [0, 0.1) is 0 Å². The number of carbonyl (C=O) groups excluding carboxylic acids is 1. The smallest absolute Gasteiger partial charge is 0.336 e. The van der Waals surface area contributed by atoms with Gasteiger partial charge in [-0.15, -0.1) is 0 Å². The number of halogens is 1. The maximum absolute atomic E-state index is 12.3. The Bertz CT molecular complexity index is 783. The van der Waals surface area contributed by atoms with Crippen molar-refractivity contribution in [1.29, 1.82) is 0 Å². The van der Waals surface area contributed by atoms with Gasteiger partial charge < -0.3 is 20.8 Å². The summed E-state index contributed by atoms with van der Waals surface area (Å²) in [5, 5.41) is 15.3. The molecule has 2 aliphatic rings. The Hall–Kier alpha value is -1.98. The summed E-state index contributed by atoms with van der Waals surface area (Å²) in [6, 6.07) is 7.00. The van der Waals surface area contributed by atoms with Crippen LogP contribution < -0.4 is 10.6 Å². The van der Waals surface area contributed by atoms with Gasteiger partial charge >= 0.3 is 5.97 Å². The zero-order valence-corrected chi connectivity index (χ0v) is 17.8. The zero-order chi connectivity index (χ0) is 20.5. The molecule has 1 aromatic rings. The van der Waals surface area contributed by atoms with E-state index in [1.807, 2.05) is 0 Å². The summed E-state index contributed by atoms with van der Waals surface area (Å²) in [4.78, 5) is 12.6. The highest BCUT2D eigenvalue weighted by Crippen LogP contribution is 2.36. The molecule has 0 aromatic heterocycles. The molecule has 3 rings (SSSR count). The van der Waals surface area contributed by atoms with E-state index in [1.165, 1.54) is 32.4 Å². The molecule has 0 bridgehead atoms. The molecule has 7 heteroatoms. The van der Waals surface area contributed by atoms with Crippen LogP contribution in [0.1, 0.15) is 44.6 Å². The minimum atomic E-state index is -0.546. The third-order valence-corrected chi connectivity index (χ3v) is 5.24. The Morgan fingerprint density at radius 1 is 1.32 bits per heavy atom.